The molecule has 0 amide bonds. The van der Waals surface area contributed by atoms with E-state index < -0.39 is 8.32 Å². The van der Waals surface area contributed by atoms with Gasteiger partial charge in [0, 0.05) is 7.11 Å². The van der Waals surface area contributed by atoms with Gasteiger partial charge in [0.05, 0.1) is 11.8 Å². The molecule has 128 valence electrons. The fourth-order valence-corrected chi connectivity index (χ4v) is 11.7. The van der Waals surface area contributed by atoms with Gasteiger partial charge in [-0.3, -0.25) is 0 Å². The first-order valence-corrected chi connectivity index (χ1v) is 12.2. The van der Waals surface area contributed by atoms with Crippen LogP contribution in [-0.4, -0.2) is 27.3 Å². The van der Waals surface area contributed by atoms with Gasteiger partial charge in [0.1, 0.15) is 0 Å². The van der Waals surface area contributed by atoms with Gasteiger partial charge in [0.2, 0.25) is 8.32 Å². The largest absolute Gasteiger partial charge is 0.408 e. The summed E-state index contributed by atoms with van der Waals surface area (Å²) < 4.78 is 13.2. The zero-order valence-corrected chi connectivity index (χ0v) is 15.9. The van der Waals surface area contributed by atoms with Gasteiger partial charge >= 0.3 is 0 Å². The van der Waals surface area contributed by atoms with Crippen LogP contribution in [0.3, 0.4) is 0 Å². The number of methoxy groups -OCH3 is 1. The van der Waals surface area contributed by atoms with Gasteiger partial charge < -0.3 is 9.16 Å². The van der Waals surface area contributed by atoms with Crippen molar-refractivity contribution in [1.82, 2.24) is 0 Å². The number of hydrogen-bond acceptors (Lipinski definition) is 2. The summed E-state index contributed by atoms with van der Waals surface area (Å²) in [6, 6.07) is 1.32. The number of ether oxygens (including phenoxy) is 1. The van der Waals surface area contributed by atoms with E-state index in [1.54, 1.807) is 0 Å². The molecule has 1 aliphatic heterocycles. The summed E-state index contributed by atoms with van der Waals surface area (Å²) in [4.78, 5) is 0. The lowest BCUT2D eigenvalue weighted by molar-refractivity contribution is 0.0240. The van der Waals surface area contributed by atoms with Crippen molar-refractivity contribution in [1.29, 1.82) is 0 Å². The van der Waals surface area contributed by atoms with Crippen molar-refractivity contribution >= 4 is 8.32 Å². The molecule has 2 aliphatic carbocycles. The van der Waals surface area contributed by atoms with Crippen LogP contribution in [0.4, 0.5) is 0 Å². The molecule has 0 aromatic rings. The SMILES string of the molecule is CCC[Si]1(COC)OC2(CCCC2)CCCCC12CCCC2. The van der Waals surface area contributed by atoms with Gasteiger partial charge in [-0.2, -0.15) is 0 Å². The third-order valence-electron chi connectivity index (χ3n) is 7.02. The molecule has 1 heterocycles. The Morgan fingerprint density at radius 1 is 0.864 bits per heavy atom. The average molecular weight is 325 g/mol. The summed E-state index contributed by atoms with van der Waals surface area (Å²) in [5.41, 5.74) is 0.246. The van der Waals surface area contributed by atoms with Crippen molar-refractivity contribution < 1.29 is 9.16 Å². The summed E-state index contributed by atoms with van der Waals surface area (Å²) in [5.74, 6) is 0. The molecule has 1 unspecified atom stereocenters. The molecule has 22 heavy (non-hydrogen) atoms. The lowest BCUT2D eigenvalue weighted by atomic mass is 9.91. The zero-order chi connectivity index (χ0) is 15.5. The van der Waals surface area contributed by atoms with Crippen LogP contribution in [0.2, 0.25) is 11.1 Å². The molecule has 2 nitrogen and oxygen atoms in total. The predicted molar refractivity (Wildman–Crippen MR) is 94.6 cm³/mol. The smallest absolute Gasteiger partial charge is 0.224 e. The Kier molecular flexibility index (Phi) is 5.36. The van der Waals surface area contributed by atoms with E-state index >= 15 is 0 Å². The molecule has 3 rings (SSSR count). The van der Waals surface area contributed by atoms with Gasteiger partial charge in [-0.15, -0.1) is 0 Å². The van der Waals surface area contributed by atoms with Crippen molar-refractivity contribution in [2.45, 2.75) is 107 Å². The maximum Gasteiger partial charge on any atom is 0.224 e. The fraction of sp³-hybridized carbons (Fsp3) is 1.00. The summed E-state index contributed by atoms with van der Waals surface area (Å²) >= 11 is 0. The summed E-state index contributed by atoms with van der Waals surface area (Å²) in [6.07, 6.45) is 18.9. The highest BCUT2D eigenvalue weighted by atomic mass is 28.4. The predicted octanol–water partition coefficient (Wildman–Crippen LogP) is 5.75. The maximum atomic E-state index is 7.36. The van der Waals surface area contributed by atoms with E-state index in [0.29, 0.717) is 5.04 Å². The minimum atomic E-state index is -1.84. The van der Waals surface area contributed by atoms with E-state index in [1.165, 1.54) is 89.5 Å². The summed E-state index contributed by atoms with van der Waals surface area (Å²) in [5, 5.41) is 0.537. The second kappa shape index (κ2) is 6.94. The molecule has 3 aliphatic rings. The highest BCUT2D eigenvalue weighted by Crippen LogP contribution is 2.60. The highest BCUT2D eigenvalue weighted by molar-refractivity contribution is 6.77. The van der Waals surface area contributed by atoms with Crippen LogP contribution in [0.5, 0.6) is 0 Å². The van der Waals surface area contributed by atoms with E-state index in [0.717, 1.165) is 6.23 Å². The maximum absolute atomic E-state index is 7.36. The number of hydrogen-bond donors (Lipinski definition) is 0. The van der Waals surface area contributed by atoms with Crippen LogP contribution in [0.25, 0.3) is 0 Å². The van der Waals surface area contributed by atoms with Gasteiger partial charge in [0.25, 0.3) is 0 Å². The molecule has 2 spiro atoms. The standard InChI is InChI=1S/C19H36O2Si/c1-3-16-22(17-20-2)19(14-8-9-15-19)13-7-6-12-18(21-22)10-4-5-11-18/h3-17H2,1-2H3. The minimum absolute atomic E-state index is 0.246. The summed E-state index contributed by atoms with van der Waals surface area (Å²) in [7, 11) is 0.0712. The van der Waals surface area contributed by atoms with Crippen molar-refractivity contribution in [2.24, 2.45) is 0 Å². The Labute approximate surface area is 138 Å². The fourth-order valence-electron chi connectivity index (χ4n) is 6.05. The van der Waals surface area contributed by atoms with E-state index in [9.17, 15) is 0 Å². The molecular formula is C19H36O2Si. The molecule has 2 saturated carbocycles. The van der Waals surface area contributed by atoms with E-state index in [1.807, 2.05) is 7.11 Å². The average Bonchev–Trinajstić information content (AvgIpc) is 3.14. The van der Waals surface area contributed by atoms with E-state index in [4.69, 9.17) is 9.16 Å². The van der Waals surface area contributed by atoms with Crippen LogP contribution in [0, 0.1) is 0 Å². The molecule has 0 aromatic carbocycles. The van der Waals surface area contributed by atoms with Gasteiger partial charge in [-0.1, -0.05) is 51.9 Å². The molecule has 0 radical (unpaired) electrons. The van der Waals surface area contributed by atoms with Crippen LogP contribution >= 0.6 is 0 Å². The first kappa shape index (κ1) is 17.0. The Balaban J connectivity index is 1.96. The van der Waals surface area contributed by atoms with Crippen LogP contribution < -0.4 is 0 Å². The van der Waals surface area contributed by atoms with E-state index in [2.05, 4.69) is 6.92 Å². The van der Waals surface area contributed by atoms with Crippen molar-refractivity contribution in [3.8, 4) is 0 Å². The van der Waals surface area contributed by atoms with Gasteiger partial charge in [0.15, 0.2) is 0 Å². The Morgan fingerprint density at radius 2 is 1.36 bits per heavy atom. The van der Waals surface area contributed by atoms with Gasteiger partial charge in [-0.25, -0.2) is 0 Å². The van der Waals surface area contributed by atoms with Crippen LogP contribution in [0.1, 0.15) is 90.4 Å². The van der Waals surface area contributed by atoms with Crippen LogP contribution in [-0.2, 0) is 9.16 Å². The quantitative estimate of drug-likeness (QED) is 0.613. The Morgan fingerprint density at radius 3 is 1.82 bits per heavy atom. The normalized spacial score (nSPS) is 34.1. The Bertz CT molecular complexity index is 350. The molecule has 3 heteroatoms. The molecule has 0 aromatic heterocycles. The van der Waals surface area contributed by atoms with Crippen LogP contribution in [0.15, 0.2) is 0 Å². The monoisotopic (exact) mass is 324 g/mol. The summed E-state index contributed by atoms with van der Waals surface area (Å²) in [6.45, 7) is 2.36. The van der Waals surface area contributed by atoms with Gasteiger partial charge in [-0.05, 0) is 49.6 Å². The number of rotatable bonds is 4. The first-order chi connectivity index (χ1) is 10.7. The third kappa shape index (κ3) is 2.93. The minimum Gasteiger partial charge on any atom is -0.408 e. The topological polar surface area (TPSA) is 18.5 Å². The first-order valence-electron chi connectivity index (χ1n) is 9.89. The lowest BCUT2D eigenvalue weighted by Crippen LogP contribution is -2.59. The van der Waals surface area contributed by atoms with Crippen molar-refractivity contribution in [3.05, 3.63) is 0 Å². The highest BCUT2D eigenvalue weighted by Gasteiger charge is 2.59. The zero-order valence-electron chi connectivity index (χ0n) is 14.9. The molecule has 3 fully saturated rings. The Hall–Kier alpha value is 0.137. The lowest BCUT2D eigenvalue weighted by Gasteiger charge is -2.53. The van der Waals surface area contributed by atoms with Crippen molar-refractivity contribution in [3.63, 3.8) is 0 Å². The molecule has 0 N–H and O–H groups in total. The molecular weight excluding hydrogens is 288 g/mol. The molecule has 1 saturated heterocycles. The second-order valence-electron chi connectivity index (χ2n) is 8.36. The second-order valence-corrected chi connectivity index (χ2v) is 12.4. The molecule has 1 atom stereocenters. The molecule has 0 bridgehead atoms. The third-order valence-corrected chi connectivity index (χ3v) is 12.6. The van der Waals surface area contributed by atoms with E-state index in [-0.39, 0.29) is 5.60 Å². The van der Waals surface area contributed by atoms with Crippen molar-refractivity contribution in [2.75, 3.05) is 13.3 Å².